The van der Waals surface area contributed by atoms with Gasteiger partial charge >= 0.3 is 0 Å². The Morgan fingerprint density at radius 1 is 0.0809 bits per heavy atom. The zero-order valence-corrected chi connectivity index (χ0v) is 74.6. The Hall–Kier alpha value is -18.0. The van der Waals surface area contributed by atoms with Crippen LogP contribution in [0, 0.1) is 0 Å². The first kappa shape index (κ1) is 80.1. The van der Waals surface area contributed by atoms with Gasteiger partial charge in [0.2, 0.25) is 0 Å². The highest BCUT2D eigenvalue weighted by Crippen LogP contribution is 2.45. The van der Waals surface area contributed by atoms with E-state index < -0.39 is 0 Å². The number of hydrogen-bond donors (Lipinski definition) is 0. The summed E-state index contributed by atoms with van der Waals surface area (Å²) in [6, 6.07) is 195. The van der Waals surface area contributed by atoms with E-state index in [4.69, 9.17) is 0 Å². The van der Waals surface area contributed by atoms with Gasteiger partial charge in [-0.15, -0.1) is 0 Å². The van der Waals surface area contributed by atoms with Crippen LogP contribution in [0.3, 0.4) is 0 Å². The predicted molar refractivity (Wildman–Crippen MR) is 575 cm³/mol. The van der Waals surface area contributed by atoms with E-state index >= 15 is 0 Å². The molecule has 0 amide bonds. The van der Waals surface area contributed by atoms with E-state index in [-0.39, 0.29) is 0 Å². The van der Waals surface area contributed by atoms with Crippen molar-refractivity contribution in [2.45, 2.75) is 0 Å². The lowest BCUT2D eigenvalue weighted by atomic mass is 9.93. The van der Waals surface area contributed by atoms with Gasteiger partial charge in [0.1, 0.15) is 0 Å². The van der Waals surface area contributed by atoms with Crippen LogP contribution in [0.15, 0.2) is 534 Å². The molecule has 0 aliphatic rings. The number of hydrogen-bond acceptors (Lipinski definition) is 0. The van der Waals surface area contributed by atoms with Crippen LogP contribution in [0.4, 0.5) is 0 Å². The maximum Gasteiger partial charge on any atom is 0.0541 e. The summed E-state index contributed by atoms with van der Waals surface area (Å²) in [6.07, 6.45) is 0. The quantitative estimate of drug-likeness (QED) is 0.0919. The van der Waals surface area contributed by atoms with Crippen LogP contribution in [0.1, 0.15) is 0 Å². The fourth-order valence-electron chi connectivity index (χ4n) is 20.7. The highest BCUT2D eigenvalue weighted by atomic mass is 15.0. The maximum atomic E-state index is 2.41. The van der Waals surface area contributed by atoms with Gasteiger partial charge in [-0.2, -0.15) is 0 Å². The minimum Gasteiger partial charge on any atom is -0.309 e. The summed E-state index contributed by atoms with van der Waals surface area (Å²) in [5, 5.41) is 9.93. The van der Waals surface area contributed by atoms with Crippen molar-refractivity contribution in [3.8, 4) is 156 Å². The molecule has 0 saturated heterocycles. The van der Waals surface area contributed by atoms with Gasteiger partial charge in [0.25, 0.3) is 0 Å². The minimum atomic E-state index is 1.13. The molecule has 0 atom stereocenters. The summed E-state index contributed by atoms with van der Waals surface area (Å²) in [7, 11) is 0. The molecule has 636 valence electrons. The van der Waals surface area contributed by atoms with Crippen molar-refractivity contribution in [1.82, 2.24) is 18.3 Å². The summed E-state index contributed by atoms with van der Waals surface area (Å²) in [5.41, 5.74) is 43.0. The normalized spacial score (nSPS) is 11.5. The number of para-hydroxylation sites is 4. The minimum absolute atomic E-state index is 1.13. The predicted octanol–water partition coefficient (Wildman–Crippen LogP) is 35.8. The van der Waals surface area contributed by atoms with Crippen LogP contribution >= 0.6 is 0 Å². The Kier molecular flexibility index (Phi) is 20.3. The molecule has 0 fully saturated rings. The molecule has 0 spiro atoms. The second-order valence-corrected chi connectivity index (χ2v) is 35.5. The third kappa shape index (κ3) is 14.8. The average molecular weight is 1730 g/mol. The van der Waals surface area contributed by atoms with Crippen molar-refractivity contribution in [3.05, 3.63) is 534 Å². The smallest absolute Gasteiger partial charge is 0.0541 e. The number of benzene rings is 22. The highest BCUT2D eigenvalue weighted by Gasteiger charge is 2.22. The molecule has 4 heterocycles. The highest BCUT2D eigenvalue weighted by molar-refractivity contribution is 6.15. The van der Waals surface area contributed by atoms with Crippen LogP contribution in [0.2, 0.25) is 0 Å². The Morgan fingerprint density at radius 3 is 0.397 bits per heavy atom. The second-order valence-electron chi connectivity index (χ2n) is 35.5. The summed E-state index contributed by atoms with van der Waals surface area (Å²) in [5.74, 6) is 0. The van der Waals surface area contributed by atoms with Crippen molar-refractivity contribution in [2.24, 2.45) is 0 Å². The van der Waals surface area contributed by atoms with Crippen molar-refractivity contribution in [3.63, 3.8) is 0 Å². The summed E-state index contributed by atoms with van der Waals surface area (Å²) in [6.45, 7) is 0. The maximum absolute atomic E-state index is 2.41. The van der Waals surface area contributed by atoms with Gasteiger partial charge in [-0.25, -0.2) is 0 Å². The lowest BCUT2D eigenvalue weighted by molar-refractivity contribution is 1.18. The van der Waals surface area contributed by atoms with Crippen molar-refractivity contribution >= 4 is 87.2 Å². The molecule has 0 aliphatic carbocycles. The van der Waals surface area contributed by atoms with Crippen molar-refractivity contribution in [1.29, 1.82) is 0 Å². The first-order valence-electron chi connectivity index (χ1n) is 46.8. The van der Waals surface area contributed by atoms with Crippen LogP contribution < -0.4 is 0 Å². The fourth-order valence-corrected chi connectivity index (χ4v) is 20.7. The number of fused-ring (bicyclic) bond motifs is 12. The van der Waals surface area contributed by atoms with Crippen LogP contribution in [0.25, 0.3) is 243 Å². The van der Waals surface area contributed by atoms with E-state index in [1.165, 1.54) is 221 Å². The molecule has 4 nitrogen and oxygen atoms in total. The molecule has 0 aliphatic heterocycles. The van der Waals surface area contributed by atoms with Gasteiger partial charge in [0.05, 0.1) is 44.1 Å². The van der Waals surface area contributed by atoms with Gasteiger partial charge in [-0.1, -0.05) is 358 Å². The Labute approximate surface area is 790 Å². The van der Waals surface area contributed by atoms with E-state index in [1.54, 1.807) is 0 Å². The number of rotatable bonds is 16. The zero-order valence-electron chi connectivity index (χ0n) is 74.6. The summed E-state index contributed by atoms with van der Waals surface area (Å²) < 4.78 is 9.64. The number of nitrogens with zero attached hydrogens (tertiary/aromatic N) is 4. The monoisotopic (exact) mass is 1730 g/mol. The lowest BCUT2D eigenvalue weighted by Crippen LogP contribution is -1.94. The Morgan fingerprint density at radius 2 is 0.213 bits per heavy atom. The lowest BCUT2D eigenvalue weighted by Gasteiger charge is -2.13. The van der Waals surface area contributed by atoms with Crippen LogP contribution in [0.5, 0.6) is 0 Å². The first-order valence-corrected chi connectivity index (χ1v) is 46.8. The SMILES string of the molecule is c1ccc(-c2cc(-c3ccccc3)cc(-c3ccc(-n4c5ccccc5c5cc(-c6ccc7c(c6)c6ccccc6n7-c6ccc(-c7cc(-c8ccccc8)cc(-c8ccccc8)c7)cc6)ccc54)cc3)c2)cc1.c1ccc(-c2ccc(-n3c4ccccc4c4cc(-c5ccc6c(c5)c5ccccc5n6-c5ccc(-c6cc(-c7ccccc7)cc(-c7ccccc7)c6)cc5)ccc43)cc2)cc1. The molecule has 0 unspecified atom stereocenters. The molecular weight excluding hydrogens is 1640 g/mol. The molecule has 0 bridgehead atoms. The molecule has 0 saturated carbocycles. The van der Waals surface area contributed by atoms with E-state index in [9.17, 15) is 0 Å². The zero-order chi connectivity index (χ0) is 89.9. The molecule has 22 aromatic carbocycles. The average Bonchev–Trinajstić information content (AvgIpc) is 1.59. The molecule has 26 aromatic rings. The Bertz CT molecular complexity index is 8530. The Balaban J connectivity index is 0.000000147. The van der Waals surface area contributed by atoms with Gasteiger partial charge in [0.15, 0.2) is 0 Å². The van der Waals surface area contributed by atoms with Crippen molar-refractivity contribution < 1.29 is 0 Å². The van der Waals surface area contributed by atoms with E-state index in [2.05, 4.69) is 552 Å². The largest absolute Gasteiger partial charge is 0.309 e. The van der Waals surface area contributed by atoms with E-state index in [0.717, 1.165) is 22.7 Å². The molecule has 4 aromatic heterocycles. The topological polar surface area (TPSA) is 19.7 Å². The number of aromatic nitrogens is 4. The molecule has 136 heavy (non-hydrogen) atoms. The van der Waals surface area contributed by atoms with E-state index in [0.29, 0.717) is 0 Å². The van der Waals surface area contributed by atoms with Gasteiger partial charge in [0, 0.05) is 65.8 Å². The first-order chi connectivity index (χ1) is 67.4. The second kappa shape index (κ2) is 34.4. The molecule has 26 rings (SSSR count). The summed E-state index contributed by atoms with van der Waals surface area (Å²) in [4.78, 5) is 0. The third-order valence-electron chi connectivity index (χ3n) is 27.4. The molecule has 0 radical (unpaired) electrons. The van der Waals surface area contributed by atoms with E-state index in [1.807, 2.05) is 0 Å². The van der Waals surface area contributed by atoms with Crippen LogP contribution in [-0.4, -0.2) is 18.3 Å². The van der Waals surface area contributed by atoms with Crippen LogP contribution in [-0.2, 0) is 0 Å². The van der Waals surface area contributed by atoms with Gasteiger partial charge in [-0.3, -0.25) is 0 Å². The molecule has 0 N–H and O–H groups in total. The van der Waals surface area contributed by atoms with Crippen molar-refractivity contribution in [2.75, 3.05) is 0 Å². The third-order valence-corrected chi connectivity index (χ3v) is 27.4. The molecular formula is C132H88N4. The molecule has 4 heteroatoms. The standard InChI is InChI=1S/C72H48N2.C60H40N2/c1-5-17-49(18-6-1)57-41-58(50-19-7-2-8-20-50)44-61(43-57)53-29-35-63(36-30-53)73-69-27-15-13-25-65(69)67-47-55(33-39-71(67)73)56-34-40-72-68(48-56)66-26-14-16-28-70(66)74(72)64-37-31-54(32-38-64)62-45-59(51-21-9-3-10-22-51)42-60(46-62)52-23-11-4-12-24-52;1-4-14-41(15-5-1)44-24-30-51(31-25-44)61-57-22-12-10-20-53(57)55-39-46(28-34-59(55)61)47-29-35-60-56(40-47)54-21-11-13-23-58(54)62(60)52-32-26-45(27-33-52)50-37-48(42-16-6-2-7-17-42)36-49(38-50)43-18-8-3-9-19-43/h1-48H;1-40H. The van der Waals surface area contributed by atoms with Gasteiger partial charge in [-0.05, 0) is 309 Å². The summed E-state index contributed by atoms with van der Waals surface area (Å²) >= 11 is 0. The van der Waals surface area contributed by atoms with Gasteiger partial charge < -0.3 is 18.3 Å². The fraction of sp³-hybridized carbons (Fsp3) is 0.